The molecule has 0 saturated carbocycles. The number of amides is 1. The van der Waals surface area contributed by atoms with Gasteiger partial charge in [-0.3, -0.25) is 13.9 Å². The fourth-order valence-electron chi connectivity index (χ4n) is 4.49. The van der Waals surface area contributed by atoms with Gasteiger partial charge in [-0.2, -0.15) is 36.7 Å². The second-order valence-electron chi connectivity index (χ2n) is 9.72. The summed E-state index contributed by atoms with van der Waals surface area (Å²) in [7, 11) is -9.74. The van der Waals surface area contributed by atoms with Crippen molar-refractivity contribution in [2.24, 2.45) is 5.10 Å². The van der Waals surface area contributed by atoms with E-state index in [1.807, 2.05) is 0 Å². The molecule has 0 atom stereocenters. The summed E-state index contributed by atoms with van der Waals surface area (Å²) >= 11 is 0.904. The topological polar surface area (TPSA) is 283 Å². The zero-order valence-corrected chi connectivity index (χ0v) is 29.7. The first-order valence-electron chi connectivity index (χ1n) is 14.2. The lowest BCUT2D eigenvalue weighted by Gasteiger charge is -2.15. The minimum absolute atomic E-state index is 0.0868. The monoisotopic (exact) mass is 802 g/mol. The molecule has 4 rings (SSSR count). The van der Waals surface area contributed by atoms with Crippen molar-refractivity contribution in [3.63, 3.8) is 0 Å². The molecule has 1 aliphatic rings. The van der Waals surface area contributed by atoms with Crippen molar-refractivity contribution >= 4 is 73.7 Å². The van der Waals surface area contributed by atoms with Crippen molar-refractivity contribution < 1.29 is 74.6 Å². The lowest BCUT2D eigenvalue weighted by atomic mass is 10.1. The predicted molar refractivity (Wildman–Crippen MR) is 180 cm³/mol. The molecule has 1 amide bonds. The predicted octanol–water partition coefficient (Wildman–Crippen LogP) is 3.95. The van der Waals surface area contributed by atoms with Crippen LogP contribution in [0, 0.1) is 0 Å². The van der Waals surface area contributed by atoms with E-state index in [4.69, 9.17) is 15.3 Å². The molecule has 20 nitrogen and oxygen atoms in total. The summed E-state index contributed by atoms with van der Waals surface area (Å²) in [5, 5.41) is 43.8. The summed E-state index contributed by atoms with van der Waals surface area (Å²) in [6.45, 7) is 3.11. The molecule has 278 valence electrons. The fourth-order valence-corrected chi connectivity index (χ4v) is 6.57. The van der Waals surface area contributed by atoms with Crippen LogP contribution < -0.4 is 5.01 Å². The third-order valence-electron chi connectivity index (χ3n) is 6.60. The van der Waals surface area contributed by atoms with Gasteiger partial charge in [0.1, 0.15) is 9.79 Å². The molecule has 0 spiro atoms. The molecule has 3 aromatic rings. The Labute approximate surface area is 302 Å². The van der Waals surface area contributed by atoms with Crippen molar-refractivity contribution in [1.29, 1.82) is 0 Å². The van der Waals surface area contributed by atoms with Crippen LogP contribution in [0.3, 0.4) is 0 Å². The van der Waals surface area contributed by atoms with E-state index >= 15 is 0 Å². The third-order valence-corrected chi connectivity index (χ3v) is 9.55. The number of carbonyl (C=O) groups is 2. The van der Waals surface area contributed by atoms with Crippen molar-refractivity contribution in [3.05, 3.63) is 77.5 Å². The van der Waals surface area contributed by atoms with Crippen LogP contribution in [0.25, 0.3) is 11.8 Å². The van der Waals surface area contributed by atoms with Gasteiger partial charge < -0.3 is 9.84 Å². The van der Waals surface area contributed by atoms with Crippen LogP contribution in [0.15, 0.2) is 91.0 Å². The van der Waals surface area contributed by atoms with Crippen LogP contribution >= 0.6 is 24.1 Å². The maximum absolute atomic E-state index is 13.5. The van der Waals surface area contributed by atoms with Crippen molar-refractivity contribution in [1.82, 2.24) is 9.78 Å². The second-order valence-corrected chi connectivity index (χ2v) is 14.0. The molecule has 1 aliphatic heterocycles. The summed E-state index contributed by atoms with van der Waals surface area (Å²) in [6.07, 6.45) is 6.89. The smallest absolute Gasteiger partial charge is 0.359 e. The molecule has 1 aromatic heterocycles. The Kier molecular flexibility index (Phi) is 13.5. The number of esters is 1. The van der Waals surface area contributed by atoms with E-state index in [1.165, 1.54) is 49.4 Å². The number of aromatic hydroxyl groups is 1. The SMILES string of the molecule is CCOC(=O)C1=NN(c2cc(SOOO)ccc2S(=O)(=O)O)C(=O)/C1=C\C=CC=Cc1c(CC)nn(-c2cc(SOOO)ccc2S(=O)(=O)O)c1O. The summed E-state index contributed by atoms with van der Waals surface area (Å²) < 4.78 is 82.6. The standard InChI is InChI=1S/C28H26N4O16S4/c1-3-20-18(26(33)31(29-20)21-14-16(49-47-45-36)10-12-23(21)51(38,39)40)8-6-5-7-9-19-25(28(35)44-4-2)30-32(27(19)34)22-15-17(50-48-46-37)11-13-24(22)52(41,42)43/h5-15,33,36-37H,3-4H2,1-2H3,(H,38,39,40)(H,41,42,43)/b7-5?,8-6?,19-9-. The highest BCUT2D eigenvalue weighted by atomic mass is 32.2. The summed E-state index contributed by atoms with van der Waals surface area (Å²) in [5.74, 6) is -2.56. The molecule has 0 radical (unpaired) electrons. The number of carbonyl (C=O) groups excluding carboxylic acids is 2. The minimum Gasteiger partial charge on any atom is -0.493 e. The molecule has 5 N–H and O–H groups in total. The average Bonchev–Trinajstić information content (AvgIpc) is 3.60. The normalized spacial score (nSPS) is 14.7. The number of rotatable bonds is 16. The number of hydrogen-bond acceptors (Lipinski definition) is 18. The van der Waals surface area contributed by atoms with Crippen LogP contribution in [-0.2, 0) is 59.7 Å². The van der Waals surface area contributed by atoms with E-state index in [2.05, 4.69) is 28.9 Å². The number of nitrogens with zero attached hydrogens (tertiary/aromatic N) is 4. The van der Waals surface area contributed by atoms with Crippen LogP contribution in [0.2, 0.25) is 0 Å². The van der Waals surface area contributed by atoms with Gasteiger partial charge in [-0.25, -0.2) is 15.3 Å². The van der Waals surface area contributed by atoms with Crippen LogP contribution in [0.4, 0.5) is 5.69 Å². The molecule has 0 unspecified atom stereocenters. The van der Waals surface area contributed by atoms with Crippen molar-refractivity contribution in [2.75, 3.05) is 11.6 Å². The number of benzene rings is 2. The van der Waals surface area contributed by atoms with Gasteiger partial charge in [-0.05, 0) is 61.9 Å². The Balaban J connectivity index is 1.71. The molecule has 0 aliphatic carbocycles. The molecule has 24 heteroatoms. The Morgan fingerprint density at radius 3 is 2.00 bits per heavy atom. The molecule has 2 aromatic carbocycles. The fraction of sp³-hybridized carbons (Fsp3) is 0.143. The van der Waals surface area contributed by atoms with Gasteiger partial charge in [0.25, 0.3) is 26.1 Å². The van der Waals surface area contributed by atoms with Gasteiger partial charge in [0, 0.05) is 9.79 Å². The lowest BCUT2D eigenvalue weighted by Crippen LogP contribution is -2.24. The summed E-state index contributed by atoms with van der Waals surface area (Å²) in [6, 6.07) is 6.59. The Morgan fingerprint density at radius 1 is 0.885 bits per heavy atom. The average molecular weight is 803 g/mol. The first-order chi connectivity index (χ1) is 24.7. The van der Waals surface area contributed by atoms with Gasteiger partial charge in [0.2, 0.25) is 5.88 Å². The van der Waals surface area contributed by atoms with Gasteiger partial charge >= 0.3 is 5.97 Å². The van der Waals surface area contributed by atoms with Gasteiger partial charge in [-0.1, -0.05) is 35.2 Å². The molecule has 0 fully saturated rings. The van der Waals surface area contributed by atoms with Crippen molar-refractivity contribution in [2.45, 2.75) is 39.9 Å². The highest BCUT2D eigenvalue weighted by Gasteiger charge is 2.38. The van der Waals surface area contributed by atoms with E-state index in [-0.39, 0.29) is 39.6 Å². The first-order valence-corrected chi connectivity index (χ1v) is 18.5. The number of aromatic nitrogens is 2. The van der Waals surface area contributed by atoms with Crippen LogP contribution in [0.1, 0.15) is 25.1 Å². The van der Waals surface area contributed by atoms with E-state index in [9.17, 15) is 40.6 Å². The Bertz CT molecular complexity index is 2200. The van der Waals surface area contributed by atoms with Crippen molar-refractivity contribution in [3.8, 4) is 11.6 Å². The number of hydrogen-bond donors (Lipinski definition) is 5. The van der Waals surface area contributed by atoms with Gasteiger partial charge in [0.05, 0.1) is 58.9 Å². The second kappa shape index (κ2) is 17.4. The number of allylic oxidation sites excluding steroid dienone is 4. The summed E-state index contributed by atoms with van der Waals surface area (Å²) in [4.78, 5) is 25.2. The van der Waals surface area contributed by atoms with Gasteiger partial charge in [-0.15, -0.1) is 8.67 Å². The molecule has 0 bridgehead atoms. The van der Waals surface area contributed by atoms with E-state index in [0.717, 1.165) is 28.9 Å². The van der Waals surface area contributed by atoms with Crippen LogP contribution in [0.5, 0.6) is 5.88 Å². The maximum atomic E-state index is 13.5. The minimum atomic E-state index is -4.93. The zero-order chi connectivity index (χ0) is 38.2. The van der Waals surface area contributed by atoms with E-state index in [1.54, 1.807) is 6.92 Å². The number of anilines is 1. The number of ether oxygens (including phenoxy) is 1. The van der Waals surface area contributed by atoms with Gasteiger partial charge in [0.15, 0.2) is 5.71 Å². The molecule has 52 heavy (non-hydrogen) atoms. The van der Waals surface area contributed by atoms with E-state index in [0.29, 0.717) is 34.8 Å². The number of hydrazone groups is 1. The van der Waals surface area contributed by atoms with E-state index < -0.39 is 59.2 Å². The Morgan fingerprint density at radius 2 is 1.46 bits per heavy atom. The number of aryl methyl sites for hydroxylation is 1. The highest BCUT2D eigenvalue weighted by molar-refractivity contribution is 7.94. The third kappa shape index (κ3) is 9.31. The maximum Gasteiger partial charge on any atom is 0.359 e. The molecule has 0 saturated heterocycles. The lowest BCUT2D eigenvalue weighted by molar-refractivity contribution is -0.432. The van der Waals surface area contributed by atoms with Crippen LogP contribution in [-0.4, -0.2) is 75.5 Å². The first kappa shape index (κ1) is 40.3. The zero-order valence-electron chi connectivity index (χ0n) is 26.4. The molecular weight excluding hydrogens is 777 g/mol. The largest absolute Gasteiger partial charge is 0.493 e. The quantitative estimate of drug-likeness (QED) is 0.0261. The molecular formula is C28H26N4O16S4. The summed E-state index contributed by atoms with van der Waals surface area (Å²) in [5.41, 5.74) is -1.17. The highest BCUT2D eigenvalue weighted by Crippen LogP contribution is 2.35. The Hall–Kier alpha value is -4.44. The molecule has 2 heterocycles.